The van der Waals surface area contributed by atoms with Gasteiger partial charge in [-0.25, -0.2) is 4.98 Å². The van der Waals surface area contributed by atoms with Crippen LogP contribution in [0.1, 0.15) is 37.8 Å². The molecule has 0 aliphatic rings. The Labute approximate surface area is 84.9 Å². The number of anilines is 1. The van der Waals surface area contributed by atoms with E-state index in [0.717, 1.165) is 5.56 Å². The van der Waals surface area contributed by atoms with Crippen LogP contribution in [0.3, 0.4) is 0 Å². The van der Waals surface area contributed by atoms with Crippen LogP contribution >= 0.6 is 0 Å². The maximum absolute atomic E-state index is 7.18. The van der Waals surface area contributed by atoms with Crippen LogP contribution in [0.15, 0.2) is 12.3 Å². The van der Waals surface area contributed by atoms with Crippen LogP contribution in [0.4, 0.5) is 5.82 Å². The number of hydrogen-bond donors (Lipinski definition) is 2. The van der Waals surface area contributed by atoms with Crippen LogP contribution < -0.4 is 5.73 Å². The lowest BCUT2D eigenvalue weighted by Crippen LogP contribution is -2.05. The predicted octanol–water partition coefficient (Wildman–Crippen LogP) is 2.42. The standard InChI is InChI=1S/C11H17N3/c1-7(2)8(3)10-4-9(5-12)11(13)14-6-10/h4-8,12H,1-3H3,(H2,13,14). The van der Waals surface area contributed by atoms with Crippen LogP contribution in [0.25, 0.3) is 0 Å². The molecule has 0 spiro atoms. The van der Waals surface area contributed by atoms with Crippen LogP contribution in [0.5, 0.6) is 0 Å². The SMILES string of the molecule is CC(C)C(C)c1cnc(N)c(C=N)c1. The Morgan fingerprint density at radius 1 is 1.43 bits per heavy atom. The number of nitrogens with two attached hydrogens (primary N) is 1. The number of rotatable bonds is 3. The van der Waals surface area contributed by atoms with Gasteiger partial charge in [0.2, 0.25) is 0 Å². The largest absolute Gasteiger partial charge is 0.383 e. The van der Waals surface area contributed by atoms with Crippen molar-refractivity contribution in [1.29, 1.82) is 5.41 Å². The fourth-order valence-corrected chi connectivity index (χ4v) is 1.26. The molecule has 0 aliphatic carbocycles. The number of hydrogen-bond acceptors (Lipinski definition) is 3. The van der Waals surface area contributed by atoms with Gasteiger partial charge in [0.15, 0.2) is 0 Å². The fourth-order valence-electron chi connectivity index (χ4n) is 1.26. The Kier molecular flexibility index (Phi) is 3.23. The van der Waals surface area contributed by atoms with Crippen molar-refractivity contribution in [2.45, 2.75) is 26.7 Å². The van der Waals surface area contributed by atoms with Gasteiger partial charge in [0.1, 0.15) is 5.82 Å². The number of nitrogens with zero attached hydrogens (tertiary/aromatic N) is 1. The second-order valence-electron chi connectivity index (χ2n) is 3.92. The van der Waals surface area contributed by atoms with Crippen LogP contribution in [-0.2, 0) is 0 Å². The van der Waals surface area contributed by atoms with Gasteiger partial charge in [0.25, 0.3) is 0 Å². The van der Waals surface area contributed by atoms with E-state index in [1.165, 1.54) is 6.21 Å². The minimum absolute atomic E-state index is 0.430. The number of pyridine rings is 1. The summed E-state index contributed by atoms with van der Waals surface area (Å²) in [6.45, 7) is 6.50. The van der Waals surface area contributed by atoms with Gasteiger partial charge in [0, 0.05) is 18.0 Å². The molecule has 0 saturated carbocycles. The van der Waals surface area contributed by atoms with E-state index in [1.807, 2.05) is 6.07 Å². The summed E-state index contributed by atoms with van der Waals surface area (Å²) in [4.78, 5) is 4.08. The highest BCUT2D eigenvalue weighted by Gasteiger charge is 2.11. The van der Waals surface area contributed by atoms with Gasteiger partial charge in [-0.15, -0.1) is 0 Å². The highest BCUT2D eigenvalue weighted by molar-refractivity contribution is 5.83. The summed E-state index contributed by atoms with van der Waals surface area (Å²) in [6, 6.07) is 1.94. The highest BCUT2D eigenvalue weighted by Crippen LogP contribution is 2.24. The molecule has 3 N–H and O–H groups in total. The van der Waals surface area contributed by atoms with Gasteiger partial charge in [-0.1, -0.05) is 20.8 Å². The van der Waals surface area contributed by atoms with E-state index in [-0.39, 0.29) is 0 Å². The first-order chi connectivity index (χ1) is 6.56. The monoisotopic (exact) mass is 191 g/mol. The maximum atomic E-state index is 7.18. The second-order valence-corrected chi connectivity index (χ2v) is 3.92. The molecular formula is C11H17N3. The molecule has 3 nitrogen and oxygen atoms in total. The first-order valence-corrected chi connectivity index (χ1v) is 4.82. The Balaban J connectivity index is 3.06. The Morgan fingerprint density at radius 2 is 2.07 bits per heavy atom. The van der Waals surface area contributed by atoms with Gasteiger partial charge in [-0.2, -0.15) is 0 Å². The number of nitrogens with one attached hydrogen (secondary N) is 1. The predicted molar refractivity (Wildman–Crippen MR) is 59.8 cm³/mol. The Bertz CT molecular complexity index is 331. The van der Waals surface area contributed by atoms with Crippen molar-refractivity contribution in [2.24, 2.45) is 5.92 Å². The molecule has 1 aromatic heterocycles. The zero-order chi connectivity index (χ0) is 10.7. The quantitative estimate of drug-likeness (QED) is 0.721. The normalized spacial score (nSPS) is 12.9. The Morgan fingerprint density at radius 3 is 2.57 bits per heavy atom. The molecule has 0 fully saturated rings. The van der Waals surface area contributed by atoms with Crippen molar-refractivity contribution in [1.82, 2.24) is 4.98 Å². The van der Waals surface area contributed by atoms with Crippen molar-refractivity contribution in [2.75, 3.05) is 5.73 Å². The molecule has 1 aromatic rings. The van der Waals surface area contributed by atoms with Crippen LogP contribution in [0.2, 0.25) is 0 Å². The minimum atomic E-state index is 0.430. The highest BCUT2D eigenvalue weighted by atomic mass is 14.8. The number of nitrogen functional groups attached to an aromatic ring is 1. The summed E-state index contributed by atoms with van der Waals surface area (Å²) in [5.41, 5.74) is 7.46. The van der Waals surface area contributed by atoms with E-state index >= 15 is 0 Å². The summed E-state index contributed by atoms with van der Waals surface area (Å²) in [6.07, 6.45) is 3.05. The van der Waals surface area contributed by atoms with Crippen molar-refractivity contribution in [3.05, 3.63) is 23.4 Å². The molecular weight excluding hydrogens is 174 g/mol. The van der Waals surface area contributed by atoms with E-state index in [1.54, 1.807) is 6.20 Å². The van der Waals surface area contributed by atoms with Crippen LogP contribution in [0, 0.1) is 11.3 Å². The Hall–Kier alpha value is -1.38. The topological polar surface area (TPSA) is 62.8 Å². The molecule has 76 valence electrons. The average Bonchev–Trinajstić information content (AvgIpc) is 2.17. The van der Waals surface area contributed by atoms with E-state index < -0.39 is 0 Å². The molecule has 0 amide bonds. The van der Waals surface area contributed by atoms with Gasteiger partial charge in [0.05, 0.1) is 0 Å². The molecule has 0 saturated heterocycles. The molecule has 0 aromatic carbocycles. The smallest absolute Gasteiger partial charge is 0.132 e. The summed E-state index contributed by atoms with van der Waals surface area (Å²) >= 11 is 0. The summed E-state index contributed by atoms with van der Waals surface area (Å²) in [5.74, 6) is 1.44. The molecule has 14 heavy (non-hydrogen) atoms. The molecule has 3 heteroatoms. The third-order valence-electron chi connectivity index (χ3n) is 2.65. The molecule has 1 heterocycles. The van der Waals surface area contributed by atoms with Gasteiger partial charge in [-0.05, 0) is 23.5 Å². The summed E-state index contributed by atoms with van der Waals surface area (Å²) in [5, 5.41) is 7.18. The lowest BCUT2D eigenvalue weighted by molar-refractivity contribution is 0.534. The third kappa shape index (κ3) is 2.10. The fraction of sp³-hybridized carbons (Fsp3) is 0.455. The zero-order valence-corrected chi connectivity index (χ0v) is 8.91. The number of aromatic nitrogens is 1. The zero-order valence-electron chi connectivity index (χ0n) is 8.91. The molecule has 0 aliphatic heterocycles. The van der Waals surface area contributed by atoms with Crippen molar-refractivity contribution < 1.29 is 0 Å². The van der Waals surface area contributed by atoms with E-state index in [9.17, 15) is 0 Å². The van der Waals surface area contributed by atoms with Gasteiger partial charge in [-0.3, -0.25) is 0 Å². The average molecular weight is 191 g/mol. The first-order valence-electron chi connectivity index (χ1n) is 4.82. The third-order valence-corrected chi connectivity index (χ3v) is 2.65. The molecule has 0 radical (unpaired) electrons. The molecule has 1 rings (SSSR count). The van der Waals surface area contributed by atoms with Gasteiger partial charge >= 0.3 is 0 Å². The van der Waals surface area contributed by atoms with E-state index in [2.05, 4.69) is 25.8 Å². The molecule has 0 bridgehead atoms. The van der Waals surface area contributed by atoms with Crippen molar-refractivity contribution in [3.63, 3.8) is 0 Å². The van der Waals surface area contributed by atoms with Crippen molar-refractivity contribution in [3.8, 4) is 0 Å². The lowest BCUT2D eigenvalue weighted by atomic mass is 9.91. The maximum Gasteiger partial charge on any atom is 0.132 e. The molecule has 1 unspecified atom stereocenters. The van der Waals surface area contributed by atoms with Crippen molar-refractivity contribution >= 4 is 12.0 Å². The summed E-state index contributed by atoms with van der Waals surface area (Å²) < 4.78 is 0. The van der Waals surface area contributed by atoms with Crippen LogP contribution in [-0.4, -0.2) is 11.2 Å². The minimum Gasteiger partial charge on any atom is -0.383 e. The molecule has 1 atom stereocenters. The van der Waals surface area contributed by atoms with E-state index in [0.29, 0.717) is 23.2 Å². The van der Waals surface area contributed by atoms with E-state index in [4.69, 9.17) is 11.1 Å². The first kappa shape index (κ1) is 10.7. The second kappa shape index (κ2) is 4.22. The lowest BCUT2D eigenvalue weighted by Gasteiger charge is -2.16. The summed E-state index contributed by atoms with van der Waals surface area (Å²) in [7, 11) is 0. The van der Waals surface area contributed by atoms with Gasteiger partial charge < -0.3 is 11.1 Å².